The van der Waals surface area contributed by atoms with Crippen LogP contribution in [-0.2, 0) is 0 Å². The Bertz CT molecular complexity index is 172. The summed E-state index contributed by atoms with van der Waals surface area (Å²) in [5.41, 5.74) is 0. The lowest BCUT2D eigenvalue weighted by Crippen LogP contribution is -2.33. The molecule has 0 amide bonds. The Labute approximate surface area is 127 Å². The third kappa shape index (κ3) is 8.26. The summed E-state index contributed by atoms with van der Waals surface area (Å²) in [6.45, 7) is 7.68. The molecule has 0 saturated heterocycles. The highest BCUT2D eigenvalue weighted by molar-refractivity contribution is 4.72. The van der Waals surface area contributed by atoms with Gasteiger partial charge in [0.2, 0.25) is 0 Å². The monoisotopic (exact) mass is 282 g/mol. The molecule has 2 rings (SSSR count). The normalized spacial score (nSPS) is 21.3. The summed E-state index contributed by atoms with van der Waals surface area (Å²) >= 11 is 0. The zero-order valence-electron chi connectivity index (χ0n) is 14.1. The molecule has 0 heterocycles. The van der Waals surface area contributed by atoms with Gasteiger partial charge >= 0.3 is 0 Å². The van der Waals surface area contributed by atoms with Gasteiger partial charge in [0, 0.05) is 6.04 Å². The molecule has 0 spiro atoms. The van der Waals surface area contributed by atoms with Crippen LogP contribution in [0, 0.1) is 5.92 Å². The molecule has 2 nitrogen and oxygen atoms in total. The largest absolute Gasteiger partial charge is 0.316 e. The Balaban J connectivity index is 0.000000956. The highest BCUT2D eigenvalue weighted by Gasteiger charge is 2.13. The molecule has 2 saturated carbocycles. The summed E-state index contributed by atoms with van der Waals surface area (Å²) in [6, 6.07) is 0.831. The zero-order chi connectivity index (χ0) is 14.5. The van der Waals surface area contributed by atoms with E-state index in [2.05, 4.69) is 10.6 Å². The topological polar surface area (TPSA) is 24.1 Å². The van der Waals surface area contributed by atoms with Crippen LogP contribution in [0.1, 0.15) is 84.5 Å². The first-order valence-electron chi connectivity index (χ1n) is 9.39. The maximum atomic E-state index is 3.72. The molecule has 0 radical (unpaired) electrons. The van der Waals surface area contributed by atoms with Crippen LogP contribution < -0.4 is 10.6 Å². The first kappa shape index (κ1) is 18.0. The van der Waals surface area contributed by atoms with Gasteiger partial charge in [0.05, 0.1) is 0 Å². The molecule has 2 aliphatic rings. The van der Waals surface area contributed by atoms with Crippen LogP contribution in [0.3, 0.4) is 0 Å². The van der Waals surface area contributed by atoms with Crippen molar-refractivity contribution in [3.05, 3.63) is 0 Å². The van der Waals surface area contributed by atoms with Crippen molar-refractivity contribution in [3.8, 4) is 0 Å². The fraction of sp³-hybridized carbons (Fsp3) is 1.00. The Kier molecular flexibility index (Phi) is 11.4. The summed E-state index contributed by atoms with van der Waals surface area (Å²) in [4.78, 5) is 0. The van der Waals surface area contributed by atoms with Gasteiger partial charge in [-0.05, 0) is 57.7 Å². The van der Waals surface area contributed by atoms with E-state index in [-0.39, 0.29) is 0 Å². The van der Waals surface area contributed by atoms with Crippen molar-refractivity contribution in [3.63, 3.8) is 0 Å². The fourth-order valence-corrected chi connectivity index (χ4v) is 3.52. The molecule has 0 aromatic rings. The first-order valence-corrected chi connectivity index (χ1v) is 9.39. The van der Waals surface area contributed by atoms with Gasteiger partial charge < -0.3 is 10.6 Å². The van der Waals surface area contributed by atoms with Crippen molar-refractivity contribution in [2.45, 2.75) is 90.5 Å². The second-order valence-corrected chi connectivity index (χ2v) is 6.35. The highest BCUT2D eigenvalue weighted by atomic mass is 14.9. The second kappa shape index (κ2) is 12.6. The average molecular weight is 283 g/mol. The van der Waals surface area contributed by atoms with Crippen molar-refractivity contribution >= 4 is 0 Å². The third-order valence-electron chi connectivity index (χ3n) is 4.73. The Hall–Kier alpha value is -0.0800. The summed E-state index contributed by atoms with van der Waals surface area (Å²) in [7, 11) is 0. The van der Waals surface area contributed by atoms with Crippen LogP contribution in [0.4, 0.5) is 0 Å². The predicted molar refractivity (Wildman–Crippen MR) is 90.3 cm³/mol. The molecule has 120 valence electrons. The Morgan fingerprint density at radius 2 is 1.35 bits per heavy atom. The first-order chi connectivity index (χ1) is 9.95. The Morgan fingerprint density at radius 3 is 2.00 bits per heavy atom. The minimum Gasteiger partial charge on any atom is -0.316 e. The van der Waals surface area contributed by atoms with Gasteiger partial charge in [-0.3, -0.25) is 0 Å². The summed E-state index contributed by atoms with van der Waals surface area (Å²) in [5, 5.41) is 7.37. The molecule has 0 atom stereocenters. The number of hydrogen-bond acceptors (Lipinski definition) is 2. The van der Waals surface area contributed by atoms with Gasteiger partial charge in [-0.2, -0.15) is 0 Å². The highest BCUT2D eigenvalue weighted by Crippen LogP contribution is 2.22. The molecular weight excluding hydrogens is 244 g/mol. The average Bonchev–Trinajstić information content (AvgIpc) is 2.55. The van der Waals surface area contributed by atoms with Crippen molar-refractivity contribution in [1.82, 2.24) is 10.6 Å². The molecule has 0 aliphatic heterocycles. The molecule has 2 heteroatoms. The summed E-state index contributed by atoms with van der Waals surface area (Å²) < 4.78 is 0. The van der Waals surface area contributed by atoms with E-state index < -0.39 is 0 Å². The molecule has 20 heavy (non-hydrogen) atoms. The molecule has 0 unspecified atom stereocenters. The molecule has 2 N–H and O–H groups in total. The predicted octanol–water partition coefficient (Wildman–Crippen LogP) is 4.49. The van der Waals surface area contributed by atoms with E-state index in [0.29, 0.717) is 0 Å². The van der Waals surface area contributed by atoms with Crippen molar-refractivity contribution < 1.29 is 0 Å². The van der Waals surface area contributed by atoms with E-state index in [4.69, 9.17) is 0 Å². The molecule has 0 bridgehead atoms. The lowest BCUT2D eigenvalue weighted by Gasteiger charge is -2.23. The van der Waals surface area contributed by atoms with Crippen LogP contribution in [0.5, 0.6) is 0 Å². The second-order valence-electron chi connectivity index (χ2n) is 6.35. The van der Waals surface area contributed by atoms with E-state index in [1.807, 2.05) is 13.8 Å². The standard InChI is InChI=1S/C16H32N2.C2H6/c1-3-8-15(9-4-1)14-17-12-7-13-18-16-10-5-2-6-11-16;1-2/h15-18H,1-14H2;1-2H3. The van der Waals surface area contributed by atoms with Gasteiger partial charge in [0.25, 0.3) is 0 Å². The van der Waals surface area contributed by atoms with E-state index in [1.54, 1.807) is 0 Å². The minimum absolute atomic E-state index is 0.831. The van der Waals surface area contributed by atoms with Gasteiger partial charge in [-0.1, -0.05) is 52.4 Å². The SMILES string of the molecule is C1CCC(CNCCCNC2CCCCC2)CC1.CC. The smallest absolute Gasteiger partial charge is 0.00670 e. The van der Waals surface area contributed by atoms with Crippen molar-refractivity contribution in [1.29, 1.82) is 0 Å². The fourth-order valence-electron chi connectivity index (χ4n) is 3.52. The Morgan fingerprint density at radius 1 is 0.750 bits per heavy atom. The van der Waals surface area contributed by atoms with E-state index >= 15 is 0 Å². The van der Waals surface area contributed by atoms with Crippen LogP contribution in [0.2, 0.25) is 0 Å². The molecule has 0 aromatic heterocycles. The molecule has 0 aromatic carbocycles. The zero-order valence-corrected chi connectivity index (χ0v) is 14.1. The lowest BCUT2D eigenvalue weighted by atomic mass is 9.89. The maximum absolute atomic E-state index is 3.72. The van der Waals surface area contributed by atoms with Crippen LogP contribution in [0.25, 0.3) is 0 Å². The number of hydrogen-bond donors (Lipinski definition) is 2. The maximum Gasteiger partial charge on any atom is 0.00670 e. The van der Waals surface area contributed by atoms with Crippen molar-refractivity contribution in [2.75, 3.05) is 19.6 Å². The lowest BCUT2D eigenvalue weighted by molar-refractivity contribution is 0.338. The van der Waals surface area contributed by atoms with Crippen molar-refractivity contribution in [2.24, 2.45) is 5.92 Å². The van der Waals surface area contributed by atoms with Crippen LogP contribution >= 0.6 is 0 Å². The van der Waals surface area contributed by atoms with E-state index in [1.165, 1.54) is 90.3 Å². The van der Waals surface area contributed by atoms with Crippen LogP contribution in [-0.4, -0.2) is 25.7 Å². The quantitative estimate of drug-likeness (QED) is 0.672. The van der Waals surface area contributed by atoms with E-state index in [9.17, 15) is 0 Å². The summed E-state index contributed by atoms with van der Waals surface area (Å²) in [5.74, 6) is 0.977. The number of nitrogens with one attached hydrogen (secondary N) is 2. The van der Waals surface area contributed by atoms with Crippen LogP contribution in [0.15, 0.2) is 0 Å². The number of rotatable bonds is 7. The molecule has 2 aliphatic carbocycles. The van der Waals surface area contributed by atoms with Gasteiger partial charge in [-0.15, -0.1) is 0 Å². The summed E-state index contributed by atoms with van der Waals surface area (Å²) in [6.07, 6.45) is 15.8. The van der Waals surface area contributed by atoms with E-state index in [0.717, 1.165) is 12.0 Å². The van der Waals surface area contributed by atoms with Gasteiger partial charge in [-0.25, -0.2) is 0 Å². The van der Waals surface area contributed by atoms with Gasteiger partial charge in [0.1, 0.15) is 0 Å². The minimum atomic E-state index is 0.831. The van der Waals surface area contributed by atoms with Gasteiger partial charge in [0.15, 0.2) is 0 Å². The third-order valence-corrected chi connectivity index (χ3v) is 4.73. The molecule has 2 fully saturated rings. The molecular formula is C18H38N2.